The van der Waals surface area contributed by atoms with Crippen LogP contribution >= 0.6 is 35.5 Å². The second-order valence-electron chi connectivity index (χ2n) is 4.96. The Kier molecular flexibility index (Phi) is 7.35. The lowest BCUT2D eigenvalue weighted by atomic mass is 10.1. The molecule has 1 aromatic heterocycles. The fourth-order valence-corrected chi connectivity index (χ4v) is 3.59. The summed E-state index contributed by atoms with van der Waals surface area (Å²) in [5, 5.41) is 4.95. The molecule has 0 saturated heterocycles. The average molecular weight is 358 g/mol. The number of carbonyl (C=O) groups excluding carboxylic acids is 1. The van der Waals surface area contributed by atoms with Gasteiger partial charge >= 0.3 is 0 Å². The van der Waals surface area contributed by atoms with Crippen molar-refractivity contribution in [1.29, 1.82) is 0 Å². The number of thiazole rings is 1. The number of carbonyl (C=O) groups is 1. The molecule has 120 valence electrons. The highest BCUT2D eigenvalue weighted by Gasteiger charge is 2.12. The number of anilines is 1. The van der Waals surface area contributed by atoms with Gasteiger partial charge in [0.1, 0.15) is 0 Å². The molecule has 2 aromatic rings. The summed E-state index contributed by atoms with van der Waals surface area (Å²) in [4.78, 5) is 17.4. The van der Waals surface area contributed by atoms with Gasteiger partial charge in [-0.2, -0.15) is 0 Å². The van der Waals surface area contributed by atoms with Gasteiger partial charge in [0.15, 0.2) is 4.34 Å². The number of aryl methyl sites for hydroxylation is 2. The number of aromatic nitrogens is 1. The Morgan fingerprint density at radius 3 is 2.73 bits per heavy atom. The highest BCUT2D eigenvalue weighted by molar-refractivity contribution is 8.01. The van der Waals surface area contributed by atoms with E-state index in [1.54, 1.807) is 23.1 Å². The van der Waals surface area contributed by atoms with E-state index in [1.165, 1.54) is 0 Å². The summed E-state index contributed by atoms with van der Waals surface area (Å²) >= 11 is 3.28. The lowest BCUT2D eigenvalue weighted by Crippen LogP contribution is -2.26. The molecule has 2 rings (SSSR count). The Morgan fingerprint density at radius 1 is 1.45 bits per heavy atom. The molecule has 0 bridgehead atoms. The molecule has 3 N–H and O–H groups in total. The van der Waals surface area contributed by atoms with Crippen LogP contribution in [-0.2, 0) is 4.79 Å². The van der Waals surface area contributed by atoms with Crippen LogP contribution in [-0.4, -0.2) is 17.4 Å². The topological polar surface area (TPSA) is 68.0 Å². The van der Waals surface area contributed by atoms with Gasteiger partial charge in [-0.25, -0.2) is 4.98 Å². The Bertz CT molecular complexity index is 645. The zero-order chi connectivity index (χ0) is 15.4. The average Bonchev–Trinajstić information content (AvgIpc) is 2.86. The van der Waals surface area contributed by atoms with Gasteiger partial charge in [-0.15, -0.1) is 23.7 Å². The molecule has 1 heterocycles. The van der Waals surface area contributed by atoms with Gasteiger partial charge < -0.3 is 11.1 Å². The molecule has 0 saturated carbocycles. The van der Waals surface area contributed by atoms with E-state index < -0.39 is 0 Å². The number of nitrogens with one attached hydrogen (secondary N) is 1. The first kappa shape index (κ1) is 19.0. The predicted molar refractivity (Wildman–Crippen MR) is 96.2 cm³/mol. The third-order valence-corrected chi connectivity index (χ3v) is 5.11. The number of halogens is 1. The van der Waals surface area contributed by atoms with Crippen molar-refractivity contribution >= 4 is 47.1 Å². The van der Waals surface area contributed by atoms with Gasteiger partial charge in [0.2, 0.25) is 5.91 Å². The van der Waals surface area contributed by atoms with Crippen LogP contribution in [0.3, 0.4) is 0 Å². The normalized spacial score (nSPS) is 11.6. The third kappa shape index (κ3) is 4.98. The van der Waals surface area contributed by atoms with Crippen molar-refractivity contribution in [2.75, 3.05) is 11.9 Å². The number of benzene rings is 1. The summed E-state index contributed by atoms with van der Waals surface area (Å²) in [5.74, 6) is -0.228. The van der Waals surface area contributed by atoms with E-state index in [1.807, 2.05) is 38.3 Å². The van der Waals surface area contributed by atoms with Crippen LogP contribution in [0.2, 0.25) is 0 Å². The molecule has 1 aromatic carbocycles. The first-order valence-corrected chi connectivity index (χ1v) is 8.40. The summed E-state index contributed by atoms with van der Waals surface area (Å²) in [6.07, 6.45) is 0. The van der Waals surface area contributed by atoms with Crippen LogP contribution in [0.25, 0.3) is 0 Å². The van der Waals surface area contributed by atoms with Gasteiger partial charge in [-0.05, 0) is 37.6 Å². The Hall–Kier alpha value is -1.08. The molecular weight excluding hydrogens is 338 g/mol. The van der Waals surface area contributed by atoms with E-state index in [0.717, 1.165) is 26.2 Å². The van der Waals surface area contributed by atoms with Gasteiger partial charge in [-0.1, -0.05) is 18.7 Å². The Labute approximate surface area is 145 Å². The van der Waals surface area contributed by atoms with E-state index in [4.69, 9.17) is 5.73 Å². The van der Waals surface area contributed by atoms with Gasteiger partial charge in [0, 0.05) is 34.1 Å². The summed E-state index contributed by atoms with van der Waals surface area (Å²) in [5.41, 5.74) is 8.41. The minimum atomic E-state index is -0.184. The third-order valence-electron chi connectivity index (χ3n) is 3.06. The molecule has 0 spiro atoms. The first-order valence-electron chi connectivity index (χ1n) is 6.71. The van der Waals surface area contributed by atoms with Crippen molar-refractivity contribution in [1.82, 2.24) is 4.98 Å². The van der Waals surface area contributed by atoms with Crippen LogP contribution in [0.1, 0.15) is 18.2 Å². The largest absolute Gasteiger partial charge is 0.330 e. The standard InChI is InChI=1S/C15H19N3OS2.ClH/c1-9-6-12(21-15-17-11(3)8-20-15)4-5-13(9)18-14(19)10(2)7-16;/h4-6,8,10H,7,16H2,1-3H3,(H,18,19);1H. The fourth-order valence-electron chi connectivity index (χ4n) is 1.68. The van der Waals surface area contributed by atoms with Gasteiger partial charge in [-0.3, -0.25) is 4.79 Å². The number of hydrogen-bond acceptors (Lipinski definition) is 5. The number of nitrogens with two attached hydrogens (primary N) is 1. The molecule has 0 radical (unpaired) electrons. The smallest absolute Gasteiger partial charge is 0.228 e. The molecule has 1 amide bonds. The minimum Gasteiger partial charge on any atom is -0.330 e. The molecular formula is C15H20ClN3OS2. The van der Waals surface area contributed by atoms with E-state index in [9.17, 15) is 4.79 Å². The second-order valence-corrected chi connectivity index (χ2v) is 7.14. The SMILES string of the molecule is Cc1csc(Sc2ccc(NC(=O)C(C)CN)c(C)c2)n1.Cl. The summed E-state index contributed by atoms with van der Waals surface area (Å²) in [6.45, 7) is 6.14. The number of hydrogen-bond donors (Lipinski definition) is 2. The lowest BCUT2D eigenvalue weighted by molar-refractivity contribution is -0.119. The highest BCUT2D eigenvalue weighted by Crippen LogP contribution is 2.32. The second kappa shape index (κ2) is 8.53. The Balaban J connectivity index is 0.00000242. The van der Waals surface area contributed by atoms with Crippen LogP contribution in [0, 0.1) is 19.8 Å². The summed E-state index contributed by atoms with van der Waals surface area (Å²) in [7, 11) is 0. The van der Waals surface area contributed by atoms with Crippen molar-refractivity contribution < 1.29 is 4.79 Å². The van der Waals surface area contributed by atoms with Crippen molar-refractivity contribution in [3.63, 3.8) is 0 Å². The highest BCUT2D eigenvalue weighted by atomic mass is 35.5. The van der Waals surface area contributed by atoms with Crippen molar-refractivity contribution in [3.8, 4) is 0 Å². The maximum absolute atomic E-state index is 11.9. The van der Waals surface area contributed by atoms with Crippen molar-refractivity contribution in [3.05, 3.63) is 34.8 Å². The number of nitrogens with zero attached hydrogens (tertiary/aromatic N) is 1. The fraction of sp³-hybridized carbons (Fsp3) is 0.333. The maximum atomic E-state index is 11.9. The monoisotopic (exact) mass is 357 g/mol. The summed E-state index contributed by atoms with van der Waals surface area (Å²) < 4.78 is 1.03. The van der Waals surface area contributed by atoms with Gasteiger partial charge in [0.05, 0.1) is 0 Å². The van der Waals surface area contributed by atoms with E-state index in [-0.39, 0.29) is 24.2 Å². The molecule has 0 aliphatic rings. The van der Waals surface area contributed by atoms with Crippen LogP contribution in [0.4, 0.5) is 5.69 Å². The molecule has 1 atom stereocenters. The molecule has 22 heavy (non-hydrogen) atoms. The molecule has 7 heteroatoms. The molecule has 0 aliphatic carbocycles. The zero-order valence-corrected chi connectivity index (χ0v) is 15.2. The quantitative estimate of drug-likeness (QED) is 0.852. The van der Waals surface area contributed by atoms with Crippen LogP contribution < -0.4 is 11.1 Å². The lowest BCUT2D eigenvalue weighted by Gasteiger charge is -2.12. The number of rotatable bonds is 5. The maximum Gasteiger partial charge on any atom is 0.228 e. The molecule has 0 aliphatic heterocycles. The minimum absolute atomic E-state index is 0. The van der Waals surface area contributed by atoms with Crippen LogP contribution in [0.5, 0.6) is 0 Å². The van der Waals surface area contributed by atoms with E-state index in [0.29, 0.717) is 6.54 Å². The molecule has 4 nitrogen and oxygen atoms in total. The summed E-state index contributed by atoms with van der Waals surface area (Å²) in [6, 6.07) is 5.99. The Morgan fingerprint density at radius 2 is 2.18 bits per heavy atom. The predicted octanol–water partition coefficient (Wildman–Crippen LogP) is 3.87. The molecule has 0 fully saturated rings. The van der Waals surface area contributed by atoms with E-state index >= 15 is 0 Å². The van der Waals surface area contributed by atoms with Crippen molar-refractivity contribution in [2.24, 2.45) is 11.7 Å². The molecule has 1 unspecified atom stereocenters. The van der Waals surface area contributed by atoms with Crippen molar-refractivity contribution in [2.45, 2.75) is 30.0 Å². The first-order chi connectivity index (χ1) is 9.99. The van der Waals surface area contributed by atoms with E-state index in [2.05, 4.69) is 16.4 Å². The van der Waals surface area contributed by atoms with Crippen LogP contribution in [0.15, 0.2) is 32.8 Å². The van der Waals surface area contributed by atoms with Gasteiger partial charge in [0.25, 0.3) is 0 Å². The zero-order valence-electron chi connectivity index (χ0n) is 12.8. The number of amides is 1.